The molecule has 14 nitrogen and oxygen atoms in total. The van der Waals surface area contributed by atoms with E-state index in [0.717, 1.165) is 50.9 Å². The van der Waals surface area contributed by atoms with Crippen LogP contribution >= 0.6 is 0 Å². The SMILES string of the molecule is O=C(OCc1ccccc1)N(CCCCCO[C@@H]1O[C@H](COCc2ccccc2)[C@@H](O[C@@H]2O[C@H](COCc3ccccc3)[C@H](O)[C@H](OCc3ccccc3)[C@H]2OCc2ccccc2)[C@H](OCc2ccccc2)[C@H]1OCc1ccccc1)Cc1ccccc1. The number of rotatable bonds is 33. The van der Waals surface area contributed by atoms with Gasteiger partial charge in [-0.3, -0.25) is 0 Å². The number of amides is 1. The number of benzene rings is 8. The summed E-state index contributed by atoms with van der Waals surface area (Å²) in [7, 11) is 0. The first-order valence-electron chi connectivity index (χ1n) is 30.6. The fourth-order valence-corrected chi connectivity index (χ4v) is 10.8. The molecule has 2 saturated heterocycles. The molecule has 88 heavy (non-hydrogen) atoms. The zero-order chi connectivity index (χ0) is 60.2. The van der Waals surface area contributed by atoms with Crippen molar-refractivity contribution in [2.45, 2.75) is 133 Å². The van der Waals surface area contributed by atoms with Crippen LogP contribution in [0.1, 0.15) is 63.8 Å². The van der Waals surface area contributed by atoms with E-state index in [1.807, 2.05) is 243 Å². The van der Waals surface area contributed by atoms with E-state index in [9.17, 15) is 9.90 Å². The summed E-state index contributed by atoms with van der Waals surface area (Å²) in [6.45, 7) is 2.72. The van der Waals surface area contributed by atoms with Gasteiger partial charge in [0.05, 0.1) is 52.9 Å². The summed E-state index contributed by atoms with van der Waals surface area (Å²) in [6, 6.07) is 79.0. The first kappa shape index (κ1) is 63.6. The molecule has 460 valence electrons. The number of hydrogen-bond acceptors (Lipinski definition) is 13. The van der Waals surface area contributed by atoms with Gasteiger partial charge in [-0.1, -0.05) is 243 Å². The van der Waals surface area contributed by atoms with Crippen LogP contribution in [0, 0.1) is 0 Å². The van der Waals surface area contributed by atoms with Crippen molar-refractivity contribution in [3.63, 3.8) is 0 Å². The standard InChI is InChI=1S/C74H81NO13/c76-66-64(54-78-47-57-30-12-2-13-31-57)86-73(70(83-51-61-38-20-6-21-39-61)68(66)81-49-59-34-16-4-17-35-59)88-67-65(55-79-48-58-32-14-3-15-33-58)87-72(71(84-52-62-40-22-7-23-41-62)69(67)82-50-60-36-18-5-19-37-60)80-45-27-9-26-44-75(46-56-28-10-1-11-29-56)74(77)85-53-63-42-24-8-25-43-63/h1-8,10-25,28-43,64-73,76H,9,26-27,44-55H2/t64-,65-,66+,67-,68+,69+,70-,71-,72-,73+/m1/s1. The second-order valence-corrected chi connectivity index (χ2v) is 22.1. The average molecular weight is 1190 g/mol. The van der Waals surface area contributed by atoms with Crippen LogP contribution in [0.4, 0.5) is 4.79 Å². The minimum absolute atomic E-state index is 0.00731. The second-order valence-electron chi connectivity index (χ2n) is 22.1. The van der Waals surface area contributed by atoms with E-state index in [1.54, 1.807) is 4.90 Å². The largest absolute Gasteiger partial charge is 0.445 e. The highest BCUT2D eigenvalue weighted by molar-refractivity contribution is 5.67. The van der Waals surface area contributed by atoms with Crippen molar-refractivity contribution in [3.8, 4) is 0 Å². The van der Waals surface area contributed by atoms with Gasteiger partial charge in [-0.2, -0.15) is 0 Å². The average Bonchev–Trinajstić information content (AvgIpc) is 2.64. The molecule has 14 heteroatoms. The third-order valence-corrected chi connectivity index (χ3v) is 15.5. The quantitative estimate of drug-likeness (QED) is 0.0390. The zero-order valence-corrected chi connectivity index (χ0v) is 49.8. The first-order valence-corrected chi connectivity index (χ1v) is 30.6. The predicted octanol–water partition coefficient (Wildman–Crippen LogP) is 13.0. The molecule has 10 atom stereocenters. The molecular formula is C74H81NO13. The Morgan fingerprint density at radius 1 is 0.364 bits per heavy atom. The van der Waals surface area contributed by atoms with Crippen molar-refractivity contribution in [2.75, 3.05) is 26.4 Å². The second kappa shape index (κ2) is 35.0. The van der Waals surface area contributed by atoms with E-state index in [1.165, 1.54) is 0 Å². The molecule has 0 unspecified atom stereocenters. The molecule has 0 bridgehead atoms. The van der Waals surface area contributed by atoms with Gasteiger partial charge in [-0.25, -0.2) is 4.79 Å². The third kappa shape index (κ3) is 19.8. The highest BCUT2D eigenvalue weighted by atomic mass is 16.8. The minimum Gasteiger partial charge on any atom is -0.445 e. The van der Waals surface area contributed by atoms with Crippen LogP contribution in [-0.2, 0) is 105 Å². The molecule has 1 N–H and O–H groups in total. The van der Waals surface area contributed by atoms with E-state index < -0.39 is 61.4 Å². The van der Waals surface area contributed by atoms with Gasteiger partial charge < -0.3 is 62.1 Å². The minimum atomic E-state index is -1.21. The van der Waals surface area contributed by atoms with E-state index in [2.05, 4.69) is 0 Å². The molecule has 1 amide bonds. The first-order chi connectivity index (χ1) is 43.5. The zero-order valence-electron chi connectivity index (χ0n) is 49.8. The van der Waals surface area contributed by atoms with E-state index in [4.69, 9.17) is 52.1 Å². The summed E-state index contributed by atoms with van der Waals surface area (Å²) in [5.41, 5.74) is 7.57. The molecule has 0 spiro atoms. The maximum Gasteiger partial charge on any atom is 0.410 e. The van der Waals surface area contributed by atoms with E-state index in [-0.39, 0.29) is 65.6 Å². The van der Waals surface area contributed by atoms with Gasteiger partial charge in [0, 0.05) is 19.7 Å². The Morgan fingerprint density at radius 3 is 1.18 bits per heavy atom. The molecule has 2 fully saturated rings. The molecular weight excluding hydrogens is 1110 g/mol. The smallest absolute Gasteiger partial charge is 0.410 e. The molecule has 2 aliphatic heterocycles. The molecule has 0 aromatic heterocycles. The summed E-state index contributed by atoms with van der Waals surface area (Å²) in [4.78, 5) is 15.4. The highest BCUT2D eigenvalue weighted by Gasteiger charge is 2.54. The van der Waals surface area contributed by atoms with Gasteiger partial charge in [-0.15, -0.1) is 0 Å². The van der Waals surface area contributed by atoms with Crippen LogP contribution in [0.25, 0.3) is 0 Å². The summed E-state index contributed by atoms with van der Waals surface area (Å²) >= 11 is 0. The lowest BCUT2D eigenvalue weighted by Gasteiger charge is -2.49. The lowest BCUT2D eigenvalue weighted by Crippen LogP contribution is -2.66. The normalized spacial score (nSPS) is 21.8. The van der Waals surface area contributed by atoms with Crippen LogP contribution in [0.2, 0.25) is 0 Å². The number of aliphatic hydroxyl groups is 1. The van der Waals surface area contributed by atoms with Crippen LogP contribution in [0.5, 0.6) is 0 Å². The molecule has 8 aromatic carbocycles. The van der Waals surface area contributed by atoms with Crippen LogP contribution in [-0.4, -0.2) is 104 Å². The maximum absolute atomic E-state index is 13.7. The van der Waals surface area contributed by atoms with Crippen molar-refractivity contribution >= 4 is 6.09 Å². The fraction of sp³-hybridized carbons (Fsp3) is 0.338. The van der Waals surface area contributed by atoms with Crippen molar-refractivity contribution in [2.24, 2.45) is 0 Å². The Labute approximate surface area is 517 Å². The summed E-state index contributed by atoms with van der Waals surface area (Å²) in [5, 5.41) is 12.5. The van der Waals surface area contributed by atoms with Crippen molar-refractivity contribution < 1.29 is 62.0 Å². The Hall–Kier alpha value is -7.41. The monoisotopic (exact) mass is 1190 g/mol. The lowest BCUT2D eigenvalue weighted by atomic mass is 9.96. The van der Waals surface area contributed by atoms with Crippen molar-refractivity contribution in [3.05, 3.63) is 287 Å². The van der Waals surface area contributed by atoms with Crippen LogP contribution < -0.4 is 0 Å². The summed E-state index contributed by atoms with van der Waals surface area (Å²) in [5.74, 6) is 0. The topological polar surface area (TPSA) is 142 Å². The molecule has 0 radical (unpaired) electrons. The summed E-state index contributed by atoms with van der Waals surface area (Å²) < 4.78 is 75.2. The number of hydrogen-bond donors (Lipinski definition) is 1. The van der Waals surface area contributed by atoms with E-state index >= 15 is 0 Å². The lowest BCUT2D eigenvalue weighted by molar-refractivity contribution is -0.375. The van der Waals surface area contributed by atoms with Gasteiger partial charge in [0.1, 0.15) is 55.4 Å². The Kier molecular flexibility index (Phi) is 25.3. The molecule has 2 heterocycles. The number of carbonyl (C=O) groups excluding carboxylic acids is 1. The van der Waals surface area contributed by atoms with Gasteiger partial charge in [0.2, 0.25) is 0 Å². The maximum atomic E-state index is 13.7. The van der Waals surface area contributed by atoms with Gasteiger partial charge in [0.25, 0.3) is 0 Å². The number of nitrogens with zero attached hydrogens (tertiary/aromatic N) is 1. The molecule has 0 aliphatic carbocycles. The highest BCUT2D eigenvalue weighted by Crippen LogP contribution is 2.36. The van der Waals surface area contributed by atoms with Crippen LogP contribution in [0.15, 0.2) is 243 Å². The van der Waals surface area contributed by atoms with Gasteiger partial charge >= 0.3 is 6.09 Å². The molecule has 0 saturated carbocycles. The van der Waals surface area contributed by atoms with Gasteiger partial charge in [-0.05, 0) is 63.8 Å². The van der Waals surface area contributed by atoms with Gasteiger partial charge in [0.15, 0.2) is 12.6 Å². The number of ether oxygens (including phenoxy) is 11. The molecule has 10 rings (SSSR count). The Balaban J connectivity index is 0.945. The fourth-order valence-electron chi connectivity index (χ4n) is 10.8. The van der Waals surface area contributed by atoms with E-state index in [0.29, 0.717) is 32.5 Å². The van der Waals surface area contributed by atoms with Crippen LogP contribution in [0.3, 0.4) is 0 Å². The van der Waals surface area contributed by atoms with Crippen molar-refractivity contribution in [1.29, 1.82) is 0 Å². The molecule has 2 aliphatic rings. The number of carbonyl (C=O) groups is 1. The third-order valence-electron chi connectivity index (χ3n) is 15.5. The Morgan fingerprint density at radius 2 is 0.727 bits per heavy atom. The molecule has 8 aromatic rings. The Bertz CT molecular complexity index is 3160. The number of aliphatic hydroxyl groups excluding tert-OH is 1. The van der Waals surface area contributed by atoms with Crippen molar-refractivity contribution in [1.82, 2.24) is 4.90 Å². The predicted molar refractivity (Wildman–Crippen MR) is 334 cm³/mol. The summed E-state index contributed by atoms with van der Waals surface area (Å²) in [6.07, 6.45) is -8.17. The number of unbranched alkanes of at least 4 members (excludes halogenated alkanes) is 2.